The van der Waals surface area contributed by atoms with Crippen LogP contribution in [0.25, 0.3) is 10.1 Å². The molecule has 0 aliphatic carbocycles. The van der Waals surface area contributed by atoms with Crippen LogP contribution in [0.2, 0.25) is 0 Å². The van der Waals surface area contributed by atoms with Crippen molar-refractivity contribution in [1.29, 1.82) is 0 Å². The maximum absolute atomic E-state index is 5.24. The van der Waals surface area contributed by atoms with E-state index in [0.29, 0.717) is 0 Å². The second-order valence-electron chi connectivity index (χ2n) is 4.71. The molecule has 0 radical (unpaired) electrons. The van der Waals surface area contributed by atoms with Gasteiger partial charge in [0.15, 0.2) is 0 Å². The topological polar surface area (TPSA) is 21.3 Å². The summed E-state index contributed by atoms with van der Waals surface area (Å²) < 4.78 is 6.59. The van der Waals surface area contributed by atoms with Gasteiger partial charge < -0.3 is 10.1 Å². The Balaban J connectivity index is 1.65. The van der Waals surface area contributed by atoms with Crippen molar-refractivity contribution >= 4 is 21.4 Å². The molecule has 0 saturated carbocycles. The highest BCUT2D eigenvalue weighted by atomic mass is 32.1. The Labute approximate surface area is 123 Å². The van der Waals surface area contributed by atoms with Gasteiger partial charge >= 0.3 is 0 Å². The predicted octanol–water partition coefficient (Wildman–Crippen LogP) is 4.20. The zero-order valence-electron chi connectivity index (χ0n) is 11.4. The Hall–Kier alpha value is -1.84. The molecule has 0 amide bonds. The molecule has 1 heterocycles. The molecule has 3 rings (SSSR count). The van der Waals surface area contributed by atoms with Crippen molar-refractivity contribution in [2.45, 2.75) is 13.1 Å². The molecule has 3 heteroatoms. The summed E-state index contributed by atoms with van der Waals surface area (Å²) in [6.45, 7) is 1.74. The molecule has 3 aromatic rings. The van der Waals surface area contributed by atoms with Gasteiger partial charge in [-0.15, -0.1) is 11.3 Å². The largest absolute Gasteiger partial charge is 0.497 e. The molecule has 0 fully saturated rings. The van der Waals surface area contributed by atoms with E-state index in [0.717, 1.165) is 18.8 Å². The third kappa shape index (κ3) is 2.84. The lowest BCUT2D eigenvalue weighted by atomic mass is 10.1. The van der Waals surface area contributed by atoms with Gasteiger partial charge in [0, 0.05) is 17.8 Å². The average molecular weight is 283 g/mol. The Morgan fingerprint density at radius 1 is 1.05 bits per heavy atom. The van der Waals surface area contributed by atoms with Crippen LogP contribution in [0.5, 0.6) is 5.75 Å². The SMILES string of the molecule is COc1cccc(CNCc2csc3ccccc23)c1. The van der Waals surface area contributed by atoms with E-state index < -0.39 is 0 Å². The quantitative estimate of drug-likeness (QED) is 0.757. The Morgan fingerprint density at radius 3 is 2.85 bits per heavy atom. The molecule has 2 aromatic carbocycles. The third-order valence-corrected chi connectivity index (χ3v) is 4.35. The number of hydrogen-bond donors (Lipinski definition) is 1. The van der Waals surface area contributed by atoms with E-state index in [1.54, 1.807) is 18.4 Å². The number of rotatable bonds is 5. The number of benzene rings is 2. The van der Waals surface area contributed by atoms with Crippen LogP contribution in [0, 0.1) is 0 Å². The van der Waals surface area contributed by atoms with Crippen LogP contribution in [0.15, 0.2) is 53.9 Å². The first-order chi connectivity index (χ1) is 9.86. The Morgan fingerprint density at radius 2 is 1.95 bits per heavy atom. The summed E-state index contributed by atoms with van der Waals surface area (Å²) in [6, 6.07) is 16.7. The third-order valence-electron chi connectivity index (χ3n) is 3.34. The lowest BCUT2D eigenvalue weighted by Crippen LogP contribution is -2.12. The Bertz CT molecular complexity index is 705. The standard InChI is InChI=1S/C17H17NOS/c1-19-15-6-4-5-13(9-15)10-18-11-14-12-20-17-8-3-2-7-16(14)17/h2-9,12,18H,10-11H2,1H3. The van der Waals surface area contributed by atoms with Crippen LogP contribution in [-0.2, 0) is 13.1 Å². The zero-order valence-corrected chi connectivity index (χ0v) is 12.2. The van der Waals surface area contributed by atoms with Gasteiger partial charge in [0.05, 0.1) is 7.11 Å². The van der Waals surface area contributed by atoms with Gasteiger partial charge in [-0.05, 0) is 40.1 Å². The first kappa shape index (κ1) is 13.2. The molecule has 2 nitrogen and oxygen atoms in total. The van der Waals surface area contributed by atoms with Crippen LogP contribution in [0.4, 0.5) is 0 Å². The van der Waals surface area contributed by atoms with Gasteiger partial charge in [0.25, 0.3) is 0 Å². The number of fused-ring (bicyclic) bond motifs is 1. The zero-order chi connectivity index (χ0) is 13.8. The first-order valence-corrected chi connectivity index (χ1v) is 7.53. The van der Waals surface area contributed by atoms with E-state index in [2.05, 4.69) is 47.1 Å². The summed E-state index contributed by atoms with van der Waals surface area (Å²) in [5.41, 5.74) is 2.61. The highest BCUT2D eigenvalue weighted by Gasteiger charge is 2.03. The molecule has 1 aromatic heterocycles. The first-order valence-electron chi connectivity index (χ1n) is 6.65. The van der Waals surface area contributed by atoms with Gasteiger partial charge in [0.2, 0.25) is 0 Å². The summed E-state index contributed by atoms with van der Waals surface area (Å²) in [7, 11) is 1.70. The van der Waals surface area contributed by atoms with Crippen molar-refractivity contribution in [2.75, 3.05) is 7.11 Å². The maximum atomic E-state index is 5.24. The second-order valence-corrected chi connectivity index (χ2v) is 5.62. The molecule has 0 bridgehead atoms. The van der Waals surface area contributed by atoms with Gasteiger partial charge in [-0.25, -0.2) is 0 Å². The van der Waals surface area contributed by atoms with Crippen LogP contribution in [0.1, 0.15) is 11.1 Å². The lowest BCUT2D eigenvalue weighted by molar-refractivity contribution is 0.414. The number of thiophene rings is 1. The van der Waals surface area contributed by atoms with Crippen molar-refractivity contribution in [1.82, 2.24) is 5.32 Å². The van der Waals surface area contributed by atoms with E-state index in [-0.39, 0.29) is 0 Å². The molecule has 20 heavy (non-hydrogen) atoms. The van der Waals surface area contributed by atoms with E-state index in [4.69, 9.17) is 4.74 Å². The van der Waals surface area contributed by atoms with Gasteiger partial charge in [-0.3, -0.25) is 0 Å². The summed E-state index contributed by atoms with van der Waals surface area (Å²) in [5, 5.41) is 7.10. The minimum atomic E-state index is 0.849. The predicted molar refractivity (Wildman–Crippen MR) is 85.4 cm³/mol. The van der Waals surface area contributed by atoms with Gasteiger partial charge in [-0.1, -0.05) is 30.3 Å². The van der Waals surface area contributed by atoms with Crippen molar-refractivity contribution in [3.05, 3.63) is 65.0 Å². The van der Waals surface area contributed by atoms with E-state index >= 15 is 0 Å². The normalized spacial score (nSPS) is 10.8. The highest BCUT2D eigenvalue weighted by Crippen LogP contribution is 2.25. The fraction of sp³-hybridized carbons (Fsp3) is 0.176. The molecule has 1 N–H and O–H groups in total. The van der Waals surface area contributed by atoms with Crippen molar-refractivity contribution in [2.24, 2.45) is 0 Å². The Kier molecular flexibility index (Phi) is 4.00. The minimum Gasteiger partial charge on any atom is -0.497 e. The molecule has 0 saturated heterocycles. The van der Waals surface area contributed by atoms with Crippen molar-refractivity contribution < 1.29 is 4.74 Å². The molecule has 0 unspecified atom stereocenters. The highest BCUT2D eigenvalue weighted by molar-refractivity contribution is 7.17. The van der Waals surface area contributed by atoms with E-state index in [1.165, 1.54) is 21.2 Å². The minimum absolute atomic E-state index is 0.849. The average Bonchev–Trinajstić information content (AvgIpc) is 2.91. The number of ether oxygens (including phenoxy) is 1. The van der Waals surface area contributed by atoms with Gasteiger partial charge in [-0.2, -0.15) is 0 Å². The molecular weight excluding hydrogens is 266 g/mol. The fourth-order valence-corrected chi connectivity index (χ4v) is 3.26. The van der Waals surface area contributed by atoms with E-state index in [9.17, 15) is 0 Å². The molecule has 0 aliphatic rings. The molecule has 0 aliphatic heterocycles. The van der Waals surface area contributed by atoms with Crippen LogP contribution in [-0.4, -0.2) is 7.11 Å². The summed E-state index contributed by atoms with van der Waals surface area (Å²) in [6.07, 6.45) is 0. The molecule has 102 valence electrons. The van der Waals surface area contributed by atoms with Crippen LogP contribution < -0.4 is 10.1 Å². The second kappa shape index (κ2) is 6.07. The number of hydrogen-bond acceptors (Lipinski definition) is 3. The summed E-state index contributed by atoms with van der Waals surface area (Å²) >= 11 is 1.81. The molecule has 0 atom stereocenters. The lowest BCUT2D eigenvalue weighted by Gasteiger charge is -2.06. The monoisotopic (exact) mass is 283 g/mol. The van der Waals surface area contributed by atoms with Crippen molar-refractivity contribution in [3.8, 4) is 5.75 Å². The van der Waals surface area contributed by atoms with Gasteiger partial charge in [0.1, 0.15) is 5.75 Å². The van der Waals surface area contributed by atoms with Crippen LogP contribution in [0.3, 0.4) is 0 Å². The number of nitrogens with one attached hydrogen (secondary N) is 1. The summed E-state index contributed by atoms with van der Waals surface area (Å²) in [5.74, 6) is 0.908. The van der Waals surface area contributed by atoms with Crippen molar-refractivity contribution in [3.63, 3.8) is 0 Å². The smallest absolute Gasteiger partial charge is 0.119 e. The van der Waals surface area contributed by atoms with Crippen LogP contribution >= 0.6 is 11.3 Å². The summed E-state index contributed by atoms with van der Waals surface area (Å²) in [4.78, 5) is 0. The molecular formula is C17H17NOS. The molecule has 0 spiro atoms. The number of methoxy groups -OCH3 is 1. The maximum Gasteiger partial charge on any atom is 0.119 e. The van der Waals surface area contributed by atoms with E-state index in [1.807, 2.05) is 12.1 Å². The fourth-order valence-electron chi connectivity index (χ4n) is 2.29.